The molecular formula is C14H21NO6. The summed E-state index contributed by atoms with van der Waals surface area (Å²) in [6.45, 7) is -0.263. The van der Waals surface area contributed by atoms with Crippen molar-refractivity contribution in [3.8, 4) is 0 Å². The van der Waals surface area contributed by atoms with Crippen LogP contribution in [0.5, 0.6) is 0 Å². The van der Waals surface area contributed by atoms with Gasteiger partial charge in [0, 0.05) is 5.92 Å². The summed E-state index contributed by atoms with van der Waals surface area (Å²) in [6, 6.07) is -0.881. The highest BCUT2D eigenvalue weighted by atomic mass is 16.5. The van der Waals surface area contributed by atoms with Gasteiger partial charge in [-0.05, 0) is 12.8 Å². The minimum atomic E-state index is -1.09. The van der Waals surface area contributed by atoms with Crippen molar-refractivity contribution >= 4 is 24.1 Å². The van der Waals surface area contributed by atoms with Gasteiger partial charge in [-0.1, -0.05) is 19.3 Å². The summed E-state index contributed by atoms with van der Waals surface area (Å²) < 4.78 is 4.79. The van der Waals surface area contributed by atoms with Crippen LogP contribution in [-0.4, -0.2) is 41.9 Å². The number of carbonyl (C=O) groups is 4. The van der Waals surface area contributed by atoms with Crippen molar-refractivity contribution in [3.63, 3.8) is 0 Å². The van der Waals surface area contributed by atoms with Gasteiger partial charge in [-0.15, -0.1) is 0 Å². The Labute approximate surface area is 123 Å². The van der Waals surface area contributed by atoms with E-state index >= 15 is 0 Å². The van der Waals surface area contributed by atoms with E-state index in [0.717, 1.165) is 32.1 Å². The fraction of sp³-hybridized carbons (Fsp3) is 0.714. The molecule has 0 aromatic heterocycles. The molecule has 0 radical (unpaired) electrons. The Morgan fingerprint density at radius 2 is 1.86 bits per heavy atom. The van der Waals surface area contributed by atoms with Crippen molar-refractivity contribution in [2.75, 3.05) is 6.61 Å². The second-order valence-electron chi connectivity index (χ2n) is 5.16. The molecule has 0 aromatic rings. The van der Waals surface area contributed by atoms with Crippen LogP contribution in [0, 0.1) is 5.92 Å². The molecule has 2 N–H and O–H groups in total. The second kappa shape index (κ2) is 9.10. The van der Waals surface area contributed by atoms with E-state index in [2.05, 4.69) is 5.32 Å². The molecule has 0 heterocycles. The fourth-order valence-corrected chi connectivity index (χ4v) is 2.24. The van der Waals surface area contributed by atoms with Crippen molar-refractivity contribution < 1.29 is 29.0 Å². The molecule has 0 spiro atoms. The zero-order valence-corrected chi connectivity index (χ0v) is 11.9. The van der Waals surface area contributed by atoms with Crippen LogP contribution in [0.25, 0.3) is 0 Å². The first kappa shape index (κ1) is 17.1. The lowest BCUT2D eigenvalue weighted by Crippen LogP contribution is -2.43. The number of hydrogen-bond donors (Lipinski definition) is 2. The zero-order valence-electron chi connectivity index (χ0n) is 11.9. The minimum Gasteiger partial charge on any atom is -0.481 e. The molecule has 0 aromatic carbocycles. The molecule has 1 aliphatic carbocycles. The molecule has 7 heteroatoms. The molecule has 1 aliphatic rings. The maximum atomic E-state index is 11.9. The summed E-state index contributed by atoms with van der Waals surface area (Å²) in [7, 11) is 0. The number of carbonyl (C=O) groups excluding carboxylic acids is 3. The maximum absolute atomic E-state index is 11.9. The number of esters is 1. The number of aliphatic carboxylic acids is 1. The molecule has 0 aliphatic heterocycles. The van der Waals surface area contributed by atoms with Crippen LogP contribution in [0.2, 0.25) is 0 Å². The highest BCUT2D eigenvalue weighted by Gasteiger charge is 2.23. The highest BCUT2D eigenvalue weighted by Crippen LogP contribution is 2.23. The van der Waals surface area contributed by atoms with Gasteiger partial charge in [0.25, 0.3) is 0 Å². The molecule has 21 heavy (non-hydrogen) atoms. The van der Waals surface area contributed by atoms with Crippen molar-refractivity contribution in [3.05, 3.63) is 0 Å². The first-order valence-electron chi connectivity index (χ1n) is 7.16. The lowest BCUT2D eigenvalue weighted by Gasteiger charge is -2.22. The summed E-state index contributed by atoms with van der Waals surface area (Å²) in [5.41, 5.74) is 0. The number of hydrogen-bond acceptors (Lipinski definition) is 5. The molecule has 0 bridgehead atoms. The fourth-order valence-electron chi connectivity index (χ4n) is 2.24. The number of nitrogens with one attached hydrogen (secondary N) is 1. The highest BCUT2D eigenvalue weighted by molar-refractivity contribution is 5.82. The van der Waals surface area contributed by atoms with E-state index in [0.29, 0.717) is 6.29 Å². The number of carboxylic acids is 1. The Hall–Kier alpha value is -1.92. The SMILES string of the molecule is O=CC(COC(=O)CCC(=O)O)NC(=O)C1CCCCC1. The Balaban J connectivity index is 2.30. The molecule has 7 nitrogen and oxygen atoms in total. The van der Waals surface area contributed by atoms with Gasteiger partial charge in [0.05, 0.1) is 12.8 Å². The second-order valence-corrected chi connectivity index (χ2v) is 5.16. The lowest BCUT2D eigenvalue weighted by atomic mass is 9.88. The van der Waals surface area contributed by atoms with Crippen LogP contribution >= 0.6 is 0 Å². The van der Waals surface area contributed by atoms with Gasteiger partial charge in [-0.2, -0.15) is 0 Å². The van der Waals surface area contributed by atoms with Crippen molar-refractivity contribution in [2.45, 2.75) is 51.0 Å². The quantitative estimate of drug-likeness (QED) is 0.503. The molecule has 0 saturated heterocycles. The maximum Gasteiger partial charge on any atom is 0.306 e. The third-order valence-corrected chi connectivity index (χ3v) is 3.43. The third kappa shape index (κ3) is 6.87. The summed E-state index contributed by atoms with van der Waals surface area (Å²) >= 11 is 0. The van der Waals surface area contributed by atoms with E-state index in [1.807, 2.05) is 0 Å². The molecule has 118 valence electrons. The average Bonchev–Trinajstić information content (AvgIpc) is 2.49. The van der Waals surface area contributed by atoms with Gasteiger partial charge in [-0.25, -0.2) is 0 Å². The van der Waals surface area contributed by atoms with Gasteiger partial charge in [0.15, 0.2) is 0 Å². The monoisotopic (exact) mass is 299 g/mol. The minimum absolute atomic E-state index is 0.0797. The third-order valence-electron chi connectivity index (χ3n) is 3.43. The summed E-state index contributed by atoms with van der Waals surface area (Å²) in [4.78, 5) is 44.4. The molecule has 1 fully saturated rings. The van der Waals surface area contributed by atoms with Crippen molar-refractivity contribution in [1.29, 1.82) is 0 Å². The largest absolute Gasteiger partial charge is 0.481 e. The number of aldehydes is 1. The molecule has 1 amide bonds. The van der Waals surface area contributed by atoms with Gasteiger partial charge < -0.3 is 20.0 Å². The van der Waals surface area contributed by atoms with Gasteiger partial charge >= 0.3 is 11.9 Å². The number of carboxylic acid groups (broad SMARTS) is 1. The van der Waals surface area contributed by atoms with E-state index in [1.165, 1.54) is 0 Å². The Kier molecular flexibility index (Phi) is 7.42. The smallest absolute Gasteiger partial charge is 0.306 e. The molecule has 1 unspecified atom stereocenters. The number of amides is 1. The first-order chi connectivity index (χ1) is 10.0. The standard InChI is InChI=1S/C14H21NO6/c16-8-11(9-21-13(19)7-6-12(17)18)15-14(20)10-4-2-1-3-5-10/h8,10-11H,1-7,9H2,(H,15,20)(H,17,18). The Morgan fingerprint density at radius 1 is 1.19 bits per heavy atom. The van der Waals surface area contributed by atoms with Gasteiger partial charge in [0.1, 0.15) is 18.9 Å². The summed E-state index contributed by atoms with van der Waals surface area (Å²) in [6.07, 6.45) is 4.72. The van der Waals surface area contributed by atoms with Crippen molar-refractivity contribution in [1.82, 2.24) is 5.32 Å². The number of rotatable bonds is 8. The van der Waals surface area contributed by atoms with Crippen LogP contribution in [0.4, 0.5) is 0 Å². The first-order valence-corrected chi connectivity index (χ1v) is 7.16. The normalized spacial score (nSPS) is 16.8. The topological polar surface area (TPSA) is 110 Å². The Morgan fingerprint density at radius 3 is 2.43 bits per heavy atom. The van der Waals surface area contributed by atoms with Crippen LogP contribution in [0.15, 0.2) is 0 Å². The van der Waals surface area contributed by atoms with Crippen LogP contribution in [-0.2, 0) is 23.9 Å². The van der Waals surface area contributed by atoms with Gasteiger partial charge in [-0.3, -0.25) is 14.4 Å². The lowest BCUT2D eigenvalue weighted by molar-refractivity contribution is -0.149. The van der Waals surface area contributed by atoms with Crippen molar-refractivity contribution in [2.24, 2.45) is 5.92 Å². The van der Waals surface area contributed by atoms with Crippen LogP contribution in [0.1, 0.15) is 44.9 Å². The van der Waals surface area contributed by atoms with E-state index < -0.39 is 18.0 Å². The molecule has 1 saturated carbocycles. The molecular weight excluding hydrogens is 278 g/mol. The zero-order chi connectivity index (χ0) is 15.7. The van der Waals surface area contributed by atoms with Crippen LogP contribution < -0.4 is 5.32 Å². The average molecular weight is 299 g/mol. The van der Waals surface area contributed by atoms with Crippen LogP contribution in [0.3, 0.4) is 0 Å². The molecule has 1 atom stereocenters. The van der Waals surface area contributed by atoms with E-state index in [1.54, 1.807) is 0 Å². The predicted octanol–water partition coefficient (Wildman–Crippen LogP) is 0.658. The van der Waals surface area contributed by atoms with Gasteiger partial charge in [0.2, 0.25) is 5.91 Å². The predicted molar refractivity (Wildman–Crippen MR) is 72.4 cm³/mol. The Bertz CT molecular complexity index is 389. The van der Waals surface area contributed by atoms with E-state index in [-0.39, 0.29) is 31.3 Å². The van der Waals surface area contributed by atoms with E-state index in [9.17, 15) is 19.2 Å². The molecule has 1 rings (SSSR count). The number of ether oxygens (including phenoxy) is 1. The summed E-state index contributed by atoms with van der Waals surface area (Å²) in [5.74, 6) is -2.06. The summed E-state index contributed by atoms with van der Waals surface area (Å²) in [5, 5.41) is 11.0. The van der Waals surface area contributed by atoms with E-state index in [4.69, 9.17) is 9.84 Å².